The molecule has 0 spiro atoms. The Morgan fingerprint density at radius 1 is 1.47 bits per heavy atom. The largest absolute Gasteiger partial charge is 0.465 e. The Kier molecular flexibility index (Phi) is 3.70. The van der Waals surface area contributed by atoms with E-state index in [9.17, 15) is 4.79 Å². The van der Waals surface area contributed by atoms with E-state index in [4.69, 9.17) is 10.5 Å². The second-order valence-corrected chi connectivity index (χ2v) is 4.76. The van der Waals surface area contributed by atoms with Crippen LogP contribution in [0.15, 0.2) is 22.4 Å². The number of carbonyl (C=O) groups excluding carboxylic acids is 1. The molecule has 8 heteroatoms. The maximum atomic E-state index is 11.7. The number of hydrogen-bond acceptors (Lipinski definition) is 7. The Morgan fingerprint density at radius 3 is 2.79 bits per heavy atom. The first-order valence-electron chi connectivity index (χ1n) is 5.40. The van der Waals surface area contributed by atoms with Gasteiger partial charge in [-0.3, -0.25) is 0 Å². The van der Waals surface area contributed by atoms with Gasteiger partial charge in [-0.1, -0.05) is 0 Å². The van der Waals surface area contributed by atoms with Crippen LogP contribution < -0.4 is 5.73 Å². The molecule has 2 aromatic heterocycles. The SMILES string of the molecule is COC(=O)c1cc(N)cnc1Sc1nnc(C)n1C. The monoisotopic (exact) mass is 279 g/mol. The van der Waals surface area contributed by atoms with Crippen LogP contribution in [0.3, 0.4) is 0 Å². The van der Waals surface area contributed by atoms with Crippen molar-refractivity contribution in [1.29, 1.82) is 0 Å². The Hall–Kier alpha value is -2.09. The Morgan fingerprint density at radius 2 is 2.21 bits per heavy atom. The molecule has 2 rings (SSSR count). The first kappa shape index (κ1) is 13.3. The van der Waals surface area contributed by atoms with Gasteiger partial charge in [0, 0.05) is 7.05 Å². The summed E-state index contributed by atoms with van der Waals surface area (Å²) in [7, 11) is 3.15. The lowest BCUT2D eigenvalue weighted by Crippen LogP contribution is -2.06. The quantitative estimate of drug-likeness (QED) is 0.838. The molecule has 0 aliphatic heterocycles. The summed E-state index contributed by atoms with van der Waals surface area (Å²) in [6.07, 6.45) is 1.48. The lowest BCUT2D eigenvalue weighted by Gasteiger charge is -2.07. The van der Waals surface area contributed by atoms with Gasteiger partial charge in [0.25, 0.3) is 0 Å². The van der Waals surface area contributed by atoms with E-state index in [1.54, 1.807) is 0 Å². The van der Waals surface area contributed by atoms with E-state index in [0.717, 1.165) is 5.82 Å². The van der Waals surface area contributed by atoms with Crippen LogP contribution in [0.1, 0.15) is 16.2 Å². The summed E-state index contributed by atoms with van der Waals surface area (Å²) in [6.45, 7) is 1.84. The summed E-state index contributed by atoms with van der Waals surface area (Å²) in [4.78, 5) is 15.8. The van der Waals surface area contributed by atoms with Crippen molar-refractivity contribution in [3.63, 3.8) is 0 Å². The minimum atomic E-state index is -0.485. The molecular formula is C11H13N5O2S. The van der Waals surface area contributed by atoms with E-state index in [1.807, 2.05) is 18.5 Å². The molecule has 7 nitrogen and oxygen atoms in total. The molecule has 0 aliphatic carbocycles. The highest BCUT2D eigenvalue weighted by atomic mass is 32.2. The number of nitrogens with two attached hydrogens (primary N) is 1. The van der Waals surface area contributed by atoms with Gasteiger partial charge in [-0.05, 0) is 24.8 Å². The van der Waals surface area contributed by atoms with Crippen LogP contribution in [-0.4, -0.2) is 32.8 Å². The normalized spacial score (nSPS) is 10.5. The number of aryl methyl sites for hydroxylation is 1. The highest BCUT2D eigenvalue weighted by Gasteiger charge is 2.17. The van der Waals surface area contributed by atoms with Crippen molar-refractivity contribution in [2.24, 2.45) is 7.05 Å². The second kappa shape index (κ2) is 5.27. The van der Waals surface area contributed by atoms with E-state index in [0.29, 0.717) is 21.4 Å². The summed E-state index contributed by atoms with van der Waals surface area (Å²) < 4.78 is 6.52. The number of carbonyl (C=O) groups is 1. The fourth-order valence-corrected chi connectivity index (χ4v) is 2.25. The molecule has 0 aromatic carbocycles. The zero-order valence-electron chi connectivity index (χ0n) is 10.7. The highest BCUT2D eigenvalue weighted by Crippen LogP contribution is 2.28. The molecule has 2 N–H and O–H groups in total. The summed E-state index contributed by atoms with van der Waals surface area (Å²) in [5, 5.41) is 9.08. The van der Waals surface area contributed by atoms with Crippen LogP contribution in [0.4, 0.5) is 5.69 Å². The lowest BCUT2D eigenvalue weighted by atomic mass is 10.3. The molecule has 2 heterocycles. The van der Waals surface area contributed by atoms with Crippen molar-refractivity contribution in [1.82, 2.24) is 19.7 Å². The summed E-state index contributed by atoms with van der Waals surface area (Å²) in [5.74, 6) is 0.291. The van der Waals surface area contributed by atoms with E-state index in [-0.39, 0.29) is 0 Å². The molecular weight excluding hydrogens is 266 g/mol. The Balaban J connectivity index is 2.40. The van der Waals surface area contributed by atoms with Gasteiger partial charge >= 0.3 is 5.97 Å². The molecule has 0 aliphatic rings. The van der Waals surface area contributed by atoms with Gasteiger partial charge in [0.15, 0.2) is 5.16 Å². The minimum Gasteiger partial charge on any atom is -0.465 e. The summed E-state index contributed by atoms with van der Waals surface area (Å²) >= 11 is 1.24. The highest BCUT2D eigenvalue weighted by molar-refractivity contribution is 7.99. The summed E-state index contributed by atoms with van der Waals surface area (Å²) in [5.41, 5.74) is 6.35. The average Bonchev–Trinajstić information content (AvgIpc) is 2.71. The topological polar surface area (TPSA) is 95.9 Å². The number of rotatable bonds is 3. The van der Waals surface area contributed by atoms with Crippen molar-refractivity contribution >= 4 is 23.4 Å². The predicted octanol–water partition coefficient (Wildman–Crippen LogP) is 1.04. The van der Waals surface area contributed by atoms with Gasteiger partial charge < -0.3 is 15.0 Å². The molecule has 0 bridgehead atoms. The molecule has 2 aromatic rings. The molecule has 0 saturated heterocycles. The van der Waals surface area contributed by atoms with Gasteiger partial charge in [-0.15, -0.1) is 10.2 Å². The fraction of sp³-hybridized carbons (Fsp3) is 0.273. The number of hydrogen-bond donors (Lipinski definition) is 1. The molecule has 0 fully saturated rings. The van der Waals surface area contributed by atoms with Crippen LogP contribution in [0.2, 0.25) is 0 Å². The van der Waals surface area contributed by atoms with Gasteiger partial charge in [0.2, 0.25) is 0 Å². The van der Waals surface area contributed by atoms with E-state index < -0.39 is 5.97 Å². The minimum absolute atomic E-state index is 0.313. The smallest absolute Gasteiger partial charge is 0.340 e. The van der Waals surface area contributed by atoms with Gasteiger partial charge in [0.1, 0.15) is 10.9 Å². The Labute approximate surface area is 114 Å². The average molecular weight is 279 g/mol. The van der Waals surface area contributed by atoms with Gasteiger partial charge in [-0.2, -0.15) is 0 Å². The zero-order valence-corrected chi connectivity index (χ0v) is 11.6. The van der Waals surface area contributed by atoms with Gasteiger partial charge in [0.05, 0.1) is 24.6 Å². The molecule has 0 radical (unpaired) electrons. The van der Waals surface area contributed by atoms with Crippen molar-refractivity contribution in [3.8, 4) is 0 Å². The van der Waals surface area contributed by atoms with E-state index in [1.165, 1.54) is 31.1 Å². The van der Waals surface area contributed by atoms with Crippen molar-refractivity contribution in [3.05, 3.63) is 23.7 Å². The van der Waals surface area contributed by atoms with E-state index in [2.05, 4.69) is 15.2 Å². The third-order valence-corrected chi connectivity index (χ3v) is 3.57. The standard InChI is InChI=1S/C11H13N5O2S/c1-6-14-15-11(16(6)2)19-9-8(10(17)18-3)4-7(12)5-13-9/h4-5H,12H2,1-3H3. The number of methoxy groups -OCH3 is 1. The molecule has 0 unspecified atom stereocenters. The maximum absolute atomic E-state index is 11.7. The molecule has 100 valence electrons. The number of nitrogens with zero attached hydrogens (tertiary/aromatic N) is 4. The number of anilines is 1. The number of pyridine rings is 1. The molecule has 0 amide bonds. The lowest BCUT2D eigenvalue weighted by molar-refractivity contribution is 0.0596. The van der Waals surface area contributed by atoms with Crippen LogP contribution in [0, 0.1) is 6.92 Å². The van der Waals surface area contributed by atoms with Crippen LogP contribution in [0.25, 0.3) is 0 Å². The third-order valence-electron chi connectivity index (χ3n) is 2.52. The van der Waals surface area contributed by atoms with Crippen LogP contribution >= 0.6 is 11.8 Å². The predicted molar refractivity (Wildman–Crippen MR) is 69.9 cm³/mol. The second-order valence-electron chi connectivity index (χ2n) is 3.80. The van der Waals surface area contributed by atoms with Crippen LogP contribution in [-0.2, 0) is 11.8 Å². The molecule has 19 heavy (non-hydrogen) atoms. The van der Waals surface area contributed by atoms with Crippen LogP contribution in [0.5, 0.6) is 0 Å². The molecule has 0 saturated carbocycles. The first-order chi connectivity index (χ1) is 9.02. The first-order valence-corrected chi connectivity index (χ1v) is 6.22. The van der Waals surface area contributed by atoms with Crippen molar-refractivity contribution < 1.29 is 9.53 Å². The number of nitrogen functional groups attached to an aromatic ring is 1. The van der Waals surface area contributed by atoms with E-state index >= 15 is 0 Å². The number of aromatic nitrogens is 4. The maximum Gasteiger partial charge on any atom is 0.340 e. The number of ether oxygens (including phenoxy) is 1. The summed E-state index contributed by atoms with van der Waals surface area (Å²) in [6, 6.07) is 1.53. The third kappa shape index (κ3) is 2.68. The van der Waals surface area contributed by atoms with Crippen molar-refractivity contribution in [2.45, 2.75) is 17.1 Å². The zero-order chi connectivity index (χ0) is 14.0. The van der Waals surface area contributed by atoms with Gasteiger partial charge in [-0.25, -0.2) is 9.78 Å². The number of esters is 1. The van der Waals surface area contributed by atoms with Crippen molar-refractivity contribution in [2.75, 3.05) is 12.8 Å². The molecule has 0 atom stereocenters. The fourth-order valence-electron chi connectivity index (χ4n) is 1.37. The Bertz CT molecular complexity index is 626.